The largest absolute Gasteiger partial charge is 0.444 e. The number of piperidine rings is 1. The molecule has 1 aliphatic heterocycles. The number of carbonyl (C=O) groups excluding carboxylic acids is 1. The minimum absolute atomic E-state index is 0.195. The Bertz CT molecular complexity index is 499. The van der Waals surface area contributed by atoms with E-state index in [9.17, 15) is 4.79 Å². The van der Waals surface area contributed by atoms with E-state index in [1.54, 1.807) is 12.4 Å². The third-order valence-electron chi connectivity index (χ3n) is 3.66. The normalized spacial score (nSPS) is 19.1. The van der Waals surface area contributed by atoms with Crippen molar-refractivity contribution in [3.63, 3.8) is 0 Å². The minimum Gasteiger partial charge on any atom is -0.444 e. The summed E-state index contributed by atoms with van der Waals surface area (Å²) in [6.45, 7) is 6.50. The van der Waals surface area contributed by atoms with Crippen LogP contribution in [0, 0.1) is 0 Å². The number of hydrogen-bond donors (Lipinski definition) is 0. The van der Waals surface area contributed by atoms with Crippen LogP contribution in [0.4, 0.5) is 4.79 Å². The average molecular weight is 370 g/mol. The van der Waals surface area contributed by atoms with Gasteiger partial charge in [0, 0.05) is 18.8 Å². The van der Waals surface area contributed by atoms with Gasteiger partial charge in [0.2, 0.25) is 0 Å². The number of hydrogen-bond acceptors (Lipinski definition) is 4. The van der Waals surface area contributed by atoms with Gasteiger partial charge < -0.3 is 9.64 Å². The van der Waals surface area contributed by atoms with E-state index in [0.29, 0.717) is 0 Å². The predicted octanol–water partition coefficient (Wildman–Crippen LogP) is 3.96. The van der Waals surface area contributed by atoms with Crippen LogP contribution in [0.3, 0.4) is 0 Å². The molecule has 2 heterocycles. The van der Waals surface area contributed by atoms with Gasteiger partial charge in [0.05, 0.1) is 11.9 Å². The maximum atomic E-state index is 12.3. The lowest BCUT2D eigenvalue weighted by Gasteiger charge is -2.36. The Morgan fingerprint density at radius 2 is 2.14 bits per heavy atom. The van der Waals surface area contributed by atoms with Gasteiger partial charge in [0.25, 0.3) is 0 Å². The van der Waals surface area contributed by atoms with Gasteiger partial charge in [-0.3, -0.25) is 4.98 Å². The van der Waals surface area contributed by atoms with Crippen LogP contribution >= 0.6 is 15.9 Å². The van der Waals surface area contributed by atoms with E-state index in [4.69, 9.17) is 4.74 Å². The molecule has 0 aromatic carbocycles. The summed E-state index contributed by atoms with van der Waals surface area (Å²) < 4.78 is 6.27. The van der Waals surface area contributed by atoms with E-state index in [1.165, 1.54) is 0 Å². The molecule has 0 N–H and O–H groups in total. The van der Waals surface area contributed by atoms with E-state index in [2.05, 4.69) is 25.9 Å². The second kappa shape index (κ2) is 7.40. The van der Waals surface area contributed by atoms with E-state index in [1.807, 2.05) is 25.7 Å². The van der Waals surface area contributed by atoms with Crippen molar-refractivity contribution < 1.29 is 9.53 Å². The summed E-state index contributed by atoms with van der Waals surface area (Å²) in [5, 5.41) is 0. The molecule has 1 fully saturated rings. The number of aryl methyl sites for hydroxylation is 1. The van der Waals surface area contributed by atoms with Crippen LogP contribution in [0.25, 0.3) is 0 Å². The average Bonchev–Trinajstić information content (AvgIpc) is 2.45. The van der Waals surface area contributed by atoms with E-state index < -0.39 is 5.60 Å². The molecule has 5 nitrogen and oxygen atoms in total. The zero-order valence-corrected chi connectivity index (χ0v) is 15.1. The van der Waals surface area contributed by atoms with Crippen LogP contribution in [0.15, 0.2) is 17.0 Å². The van der Waals surface area contributed by atoms with Crippen molar-refractivity contribution in [2.45, 2.75) is 64.5 Å². The van der Waals surface area contributed by atoms with Gasteiger partial charge in [-0.2, -0.15) is 0 Å². The molecule has 0 radical (unpaired) electrons. The van der Waals surface area contributed by atoms with Crippen molar-refractivity contribution in [1.82, 2.24) is 14.9 Å². The van der Waals surface area contributed by atoms with Crippen LogP contribution in [0.2, 0.25) is 0 Å². The molecule has 1 aliphatic rings. The number of rotatable bonds is 3. The molecular formula is C16H24BrN3O2. The molecule has 2 rings (SSSR count). The standard InChI is InChI=1S/C16H24BrN3O2/c1-16(2,3)22-15(21)20-9-5-4-6-13(20)8-7-12-10-19-14(17)11-18-12/h10-11,13H,4-9H2,1-3H3/t13-/m1/s1. The van der Waals surface area contributed by atoms with E-state index in [0.717, 1.165) is 48.9 Å². The van der Waals surface area contributed by atoms with Crippen molar-refractivity contribution in [3.8, 4) is 0 Å². The van der Waals surface area contributed by atoms with Crippen LogP contribution in [0.1, 0.15) is 52.1 Å². The Hall–Kier alpha value is -1.17. The van der Waals surface area contributed by atoms with Gasteiger partial charge >= 0.3 is 6.09 Å². The Morgan fingerprint density at radius 1 is 1.36 bits per heavy atom. The Morgan fingerprint density at radius 3 is 2.77 bits per heavy atom. The molecule has 0 bridgehead atoms. The summed E-state index contributed by atoms with van der Waals surface area (Å²) in [5.74, 6) is 0. The summed E-state index contributed by atoms with van der Waals surface area (Å²) in [6.07, 6.45) is 8.26. The van der Waals surface area contributed by atoms with Crippen LogP contribution < -0.4 is 0 Å². The first-order chi connectivity index (χ1) is 10.3. The molecular weight excluding hydrogens is 346 g/mol. The lowest BCUT2D eigenvalue weighted by atomic mass is 9.98. The molecule has 1 aromatic heterocycles. The molecule has 1 aromatic rings. The highest BCUT2D eigenvalue weighted by Gasteiger charge is 2.30. The highest BCUT2D eigenvalue weighted by molar-refractivity contribution is 9.10. The smallest absolute Gasteiger partial charge is 0.410 e. The zero-order valence-electron chi connectivity index (χ0n) is 13.5. The summed E-state index contributed by atoms with van der Waals surface area (Å²) in [7, 11) is 0. The number of amides is 1. The molecule has 1 atom stereocenters. The van der Waals surface area contributed by atoms with Crippen LogP contribution in [-0.4, -0.2) is 39.1 Å². The molecule has 0 saturated carbocycles. The van der Waals surface area contributed by atoms with Crippen molar-refractivity contribution in [2.24, 2.45) is 0 Å². The minimum atomic E-state index is -0.448. The van der Waals surface area contributed by atoms with Gasteiger partial charge in [0.1, 0.15) is 10.2 Å². The number of halogens is 1. The first-order valence-corrected chi connectivity index (χ1v) is 8.60. The van der Waals surface area contributed by atoms with Gasteiger partial charge in [-0.05, 0) is 68.8 Å². The maximum Gasteiger partial charge on any atom is 0.410 e. The second-order valence-electron chi connectivity index (χ2n) is 6.69. The first kappa shape index (κ1) is 17.2. The molecule has 122 valence electrons. The van der Waals surface area contributed by atoms with Crippen molar-refractivity contribution in [1.29, 1.82) is 0 Å². The second-order valence-corrected chi connectivity index (χ2v) is 7.50. The molecule has 0 spiro atoms. The van der Waals surface area contributed by atoms with Gasteiger partial charge in [-0.25, -0.2) is 9.78 Å². The highest BCUT2D eigenvalue weighted by atomic mass is 79.9. The fourth-order valence-electron chi connectivity index (χ4n) is 2.64. The molecule has 1 amide bonds. The highest BCUT2D eigenvalue weighted by Crippen LogP contribution is 2.23. The summed E-state index contributed by atoms with van der Waals surface area (Å²) in [5.41, 5.74) is 0.508. The third kappa shape index (κ3) is 5.23. The molecule has 0 aliphatic carbocycles. The Kier molecular flexibility index (Phi) is 5.78. The van der Waals surface area contributed by atoms with Gasteiger partial charge in [-0.1, -0.05) is 0 Å². The summed E-state index contributed by atoms with van der Waals surface area (Å²) in [4.78, 5) is 22.8. The van der Waals surface area contributed by atoms with E-state index in [-0.39, 0.29) is 12.1 Å². The first-order valence-electron chi connectivity index (χ1n) is 7.81. The molecule has 0 unspecified atom stereocenters. The van der Waals surface area contributed by atoms with Crippen molar-refractivity contribution in [2.75, 3.05) is 6.54 Å². The number of likely N-dealkylation sites (tertiary alicyclic amines) is 1. The van der Waals surface area contributed by atoms with Crippen molar-refractivity contribution >= 4 is 22.0 Å². The lowest BCUT2D eigenvalue weighted by molar-refractivity contribution is 0.00888. The SMILES string of the molecule is CC(C)(C)OC(=O)N1CCCC[C@@H]1CCc1cnc(Br)cn1. The number of nitrogens with zero attached hydrogens (tertiary/aromatic N) is 3. The molecule has 6 heteroatoms. The van der Waals surface area contributed by atoms with E-state index >= 15 is 0 Å². The fourth-order valence-corrected chi connectivity index (χ4v) is 2.85. The Balaban J connectivity index is 1.94. The predicted molar refractivity (Wildman–Crippen MR) is 88.6 cm³/mol. The van der Waals surface area contributed by atoms with Gasteiger partial charge in [-0.15, -0.1) is 0 Å². The summed E-state index contributed by atoms with van der Waals surface area (Å²) >= 11 is 3.29. The monoisotopic (exact) mass is 369 g/mol. The maximum absolute atomic E-state index is 12.3. The third-order valence-corrected chi connectivity index (χ3v) is 4.07. The topological polar surface area (TPSA) is 55.3 Å². The molecule has 22 heavy (non-hydrogen) atoms. The number of carbonyl (C=O) groups is 1. The van der Waals surface area contributed by atoms with Crippen LogP contribution in [0.5, 0.6) is 0 Å². The molecule has 1 saturated heterocycles. The zero-order chi connectivity index (χ0) is 16.2. The number of ether oxygens (including phenoxy) is 1. The lowest BCUT2D eigenvalue weighted by Crippen LogP contribution is -2.46. The fraction of sp³-hybridized carbons (Fsp3) is 0.688. The van der Waals surface area contributed by atoms with Crippen LogP contribution in [-0.2, 0) is 11.2 Å². The Labute approximate surface area is 140 Å². The summed E-state index contributed by atoms with van der Waals surface area (Å²) in [6, 6.07) is 0.231. The number of aromatic nitrogens is 2. The van der Waals surface area contributed by atoms with Gasteiger partial charge in [0.15, 0.2) is 0 Å². The quantitative estimate of drug-likeness (QED) is 0.808. The van der Waals surface area contributed by atoms with Crippen molar-refractivity contribution in [3.05, 3.63) is 22.7 Å².